The lowest BCUT2D eigenvalue weighted by atomic mass is 9.88. The van der Waals surface area contributed by atoms with Gasteiger partial charge in [0, 0.05) is 28.8 Å². The molecule has 3 rings (SSSR count). The number of rotatable bonds is 7. The quantitative estimate of drug-likeness (QED) is 0.584. The standard InChI is InChI=1S/C22H22ClNO4S/c1-3-27-21(25)17-13-24(12-15-7-9-16(23)10-8-15)14-18(22(26)28-4-2)20(17)19-6-5-11-29-19/h5-11,13-14,20H,3-4,12H2,1-2H3. The summed E-state index contributed by atoms with van der Waals surface area (Å²) in [6.07, 6.45) is 3.50. The molecule has 7 heteroatoms. The maximum Gasteiger partial charge on any atom is 0.336 e. The molecule has 2 aromatic rings. The molecule has 0 spiro atoms. The molecule has 5 nitrogen and oxygen atoms in total. The molecule has 0 N–H and O–H groups in total. The van der Waals surface area contributed by atoms with Crippen molar-refractivity contribution in [3.63, 3.8) is 0 Å². The Labute approximate surface area is 179 Å². The van der Waals surface area contributed by atoms with E-state index < -0.39 is 17.9 Å². The molecular formula is C22H22ClNO4S. The fourth-order valence-corrected chi connectivity index (χ4v) is 4.12. The summed E-state index contributed by atoms with van der Waals surface area (Å²) in [7, 11) is 0. The minimum absolute atomic E-state index is 0.253. The average molecular weight is 432 g/mol. The Bertz CT molecular complexity index is 883. The first-order valence-corrected chi connectivity index (χ1v) is 10.6. The predicted octanol–water partition coefficient (Wildman–Crippen LogP) is 4.89. The molecule has 1 aromatic carbocycles. The lowest BCUT2D eigenvalue weighted by Gasteiger charge is -2.29. The summed E-state index contributed by atoms with van der Waals surface area (Å²) in [5.74, 6) is -1.40. The van der Waals surface area contributed by atoms with Gasteiger partial charge < -0.3 is 14.4 Å². The molecule has 1 aliphatic rings. The lowest BCUT2D eigenvalue weighted by molar-refractivity contribution is -0.139. The van der Waals surface area contributed by atoms with Crippen LogP contribution in [0.4, 0.5) is 0 Å². The summed E-state index contributed by atoms with van der Waals surface area (Å²) in [5.41, 5.74) is 1.81. The third-order valence-corrected chi connectivity index (χ3v) is 5.55. The minimum atomic E-state index is -0.519. The summed E-state index contributed by atoms with van der Waals surface area (Å²) >= 11 is 7.46. The van der Waals surface area contributed by atoms with Crippen LogP contribution in [-0.2, 0) is 25.6 Å². The van der Waals surface area contributed by atoms with Crippen molar-refractivity contribution in [2.45, 2.75) is 26.3 Å². The zero-order valence-corrected chi connectivity index (χ0v) is 17.8. The number of ether oxygens (including phenoxy) is 2. The summed E-state index contributed by atoms with van der Waals surface area (Å²) in [6, 6.07) is 11.2. The van der Waals surface area contributed by atoms with E-state index in [4.69, 9.17) is 21.1 Å². The van der Waals surface area contributed by atoms with Gasteiger partial charge in [-0.2, -0.15) is 0 Å². The van der Waals surface area contributed by atoms with Gasteiger partial charge in [-0.3, -0.25) is 0 Å². The lowest BCUT2D eigenvalue weighted by Crippen LogP contribution is -2.29. The van der Waals surface area contributed by atoms with Gasteiger partial charge in [0.25, 0.3) is 0 Å². The van der Waals surface area contributed by atoms with Gasteiger partial charge >= 0.3 is 11.9 Å². The highest BCUT2D eigenvalue weighted by atomic mass is 35.5. The Hall–Kier alpha value is -2.57. The highest BCUT2D eigenvalue weighted by molar-refractivity contribution is 7.10. The van der Waals surface area contributed by atoms with E-state index in [0.29, 0.717) is 22.7 Å². The number of nitrogens with zero attached hydrogens (tertiary/aromatic N) is 1. The van der Waals surface area contributed by atoms with Crippen LogP contribution in [0, 0.1) is 0 Å². The molecule has 1 aliphatic heterocycles. The molecule has 1 aromatic heterocycles. The van der Waals surface area contributed by atoms with Crippen LogP contribution in [0.3, 0.4) is 0 Å². The number of esters is 2. The van der Waals surface area contributed by atoms with E-state index in [2.05, 4.69) is 0 Å². The van der Waals surface area contributed by atoms with Gasteiger partial charge in [-0.05, 0) is 43.0 Å². The van der Waals surface area contributed by atoms with Crippen molar-refractivity contribution in [1.82, 2.24) is 4.90 Å². The zero-order chi connectivity index (χ0) is 20.8. The van der Waals surface area contributed by atoms with Gasteiger partial charge in [0.1, 0.15) is 0 Å². The van der Waals surface area contributed by atoms with E-state index in [9.17, 15) is 9.59 Å². The van der Waals surface area contributed by atoms with Crippen LogP contribution in [-0.4, -0.2) is 30.1 Å². The Morgan fingerprint density at radius 3 is 2.07 bits per heavy atom. The van der Waals surface area contributed by atoms with Crippen LogP contribution < -0.4 is 0 Å². The van der Waals surface area contributed by atoms with Crippen LogP contribution in [0.25, 0.3) is 0 Å². The first-order chi connectivity index (χ1) is 14.0. The first kappa shape index (κ1) is 21.1. The number of carbonyl (C=O) groups is 2. The van der Waals surface area contributed by atoms with Gasteiger partial charge in [0.15, 0.2) is 0 Å². The van der Waals surface area contributed by atoms with Crippen molar-refractivity contribution in [2.75, 3.05) is 13.2 Å². The monoisotopic (exact) mass is 431 g/mol. The van der Waals surface area contributed by atoms with E-state index in [1.807, 2.05) is 34.5 Å². The van der Waals surface area contributed by atoms with Crippen LogP contribution >= 0.6 is 22.9 Å². The molecule has 0 radical (unpaired) electrons. The molecule has 152 valence electrons. The SMILES string of the molecule is CCOC(=O)C1=CN(Cc2ccc(Cl)cc2)C=C(C(=O)OCC)C1c1cccs1. The Kier molecular flexibility index (Phi) is 7.12. The van der Waals surface area contributed by atoms with Crippen LogP contribution in [0.5, 0.6) is 0 Å². The van der Waals surface area contributed by atoms with E-state index in [-0.39, 0.29) is 13.2 Å². The number of thiophene rings is 1. The fraction of sp³-hybridized carbons (Fsp3) is 0.273. The molecule has 0 amide bonds. The number of carbonyl (C=O) groups excluding carboxylic acids is 2. The highest BCUT2D eigenvalue weighted by Gasteiger charge is 2.36. The second-order valence-corrected chi connectivity index (χ2v) is 7.77. The maximum atomic E-state index is 12.8. The average Bonchev–Trinajstić information content (AvgIpc) is 3.24. The van der Waals surface area contributed by atoms with E-state index >= 15 is 0 Å². The third-order valence-electron chi connectivity index (χ3n) is 4.36. The van der Waals surface area contributed by atoms with E-state index in [1.165, 1.54) is 11.3 Å². The highest BCUT2D eigenvalue weighted by Crippen LogP contribution is 2.39. The summed E-state index contributed by atoms with van der Waals surface area (Å²) in [6.45, 7) is 4.50. The molecule has 0 bridgehead atoms. The third kappa shape index (κ3) is 5.08. The Morgan fingerprint density at radius 2 is 1.59 bits per heavy atom. The van der Waals surface area contributed by atoms with Crippen molar-refractivity contribution in [3.05, 3.63) is 80.8 Å². The van der Waals surface area contributed by atoms with Crippen molar-refractivity contribution in [1.29, 1.82) is 0 Å². The predicted molar refractivity (Wildman–Crippen MR) is 113 cm³/mol. The van der Waals surface area contributed by atoms with Crippen molar-refractivity contribution in [2.24, 2.45) is 0 Å². The van der Waals surface area contributed by atoms with Crippen LogP contribution in [0.2, 0.25) is 5.02 Å². The molecule has 0 atom stereocenters. The molecule has 0 aliphatic carbocycles. The number of benzene rings is 1. The molecule has 0 fully saturated rings. The largest absolute Gasteiger partial charge is 0.463 e. The normalized spacial score (nSPS) is 14.2. The molecule has 29 heavy (non-hydrogen) atoms. The topological polar surface area (TPSA) is 55.8 Å². The van der Waals surface area contributed by atoms with Gasteiger partial charge in [-0.25, -0.2) is 9.59 Å². The number of hydrogen-bond acceptors (Lipinski definition) is 6. The van der Waals surface area contributed by atoms with Gasteiger partial charge in [-0.1, -0.05) is 29.8 Å². The van der Waals surface area contributed by atoms with Gasteiger partial charge in [0.05, 0.1) is 30.3 Å². The summed E-state index contributed by atoms with van der Waals surface area (Å²) < 4.78 is 10.6. The summed E-state index contributed by atoms with van der Waals surface area (Å²) in [4.78, 5) is 28.2. The second kappa shape index (κ2) is 9.76. The Morgan fingerprint density at radius 1 is 1.00 bits per heavy atom. The Balaban J connectivity index is 2.02. The van der Waals surface area contributed by atoms with Crippen LogP contribution in [0.1, 0.15) is 30.2 Å². The van der Waals surface area contributed by atoms with Crippen molar-refractivity contribution < 1.29 is 19.1 Å². The number of hydrogen-bond donors (Lipinski definition) is 0. The molecule has 0 saturated carbocycles. The molecular weight excluding hydrogens is 410 g/mol. The van der Waals surface area contributed by atoms with Crippen molar-refractivity contribution >= 4 is 34.9 Å². The smallest absolute Gasteiger partial charge is 0.336 e. The maximum absolute atomic E-state index is 12.8. The van der Waals surface area contributed by atoms with Gasteiger partial charge in [0.2, 0.25) is 0 Å². The zero-order valence-electron chi connectivity index (χ0n) is 16.3. The second-order valence-electron chi connectivity index (χ2n) is 6.36. The fourth-order valence-electron chi connectivity index (χ4n) is 3.14. The first-order valence-electron chi connectivity index (χ1n) is 9.34. The minimum Gasteiger partial charge on any atom is -0.463 e. The van der Waals surface area contributed by atoms with Gasteiger partial charge in [-0.15, -0.1) is 11.3 Å². The molecule has 0 saturated heterocycles. The molecule has 2 heterocycles. The van der Waals surface area contributed by atoms with Crippen LogP contribution in [0.15, 0.2) is 65.3 Å². The summed E-state index contributed by atoms with van der Waals surface area (Å²) in [5, 5.41) is 2.57. The molecule has 0 unspecified atom stereocenters. The van der Waals surface area contributed by atoms with Crippen molar-refractivity contribution in [3.8, 4) is 0 Å². The van der Waals surface area contributed by atoms with E-state index in [0.717, 1.165) is 10.4 Å². The number of halogens is 1. The van der Waals surface area contributed by atoms with E-state index in [1.54, 1.807) is 38.4 Å².